The molecule has 0 saturated carbocycles. The Morgan fingerprint density at radius 3 is 2.77 bits per heavy atom. The van der Waals surface area contributed by atoms with Gasteiger partial charge >= 0.3 is 5.97 Å². The van der Waals surface area contributed by atoms with Crippen LogP contribution in [0.25, 0.3) is 0 Å². The molecular weight excluding hydrogens is 380 g/mol. The lowest BCUT2D eigenvalue weighted by molar-refractivity contribution is -0.145. The number of hydrogen-bond donors (Lipinski definition) is 2. The first-order valence-electron chi connectivity index (χ1n) is 10.4. The monoisotopic (exact) mass is 408 g/mol. The SMILES string of the molecule is C=C1C[C@@H](OC(=O)C2=C(C)NC3=C(C2)C(=O)C[C@H](c2ccccc2OC)C3)CCN1. The number of piperidine rings is 1. The number of allylic oxidation sites excluding steroid dienone is 3. The molecule has 1 aromatic rings. The van der Waals surface area contributed by atoms with E-state index >= 15 is 0 Å². The highest BCUT2D eigenvalue weighted by Gasteiger charge is 2.35. The molecule has 3 aliphatic rings. The number of ether oxygens (including phenoxy) is 2. The Labute approximate surface area is 177 Å². The Bertz CT molecular complexity index is 960. The van der Waals surface area contributed by atoms with Crippen LogP contribution in [0.5, 0.6) is 5.75 Å². The maximum absolute atomic E-state index is 13.0. The average Bonchev–Trinajstić information content (AvgIpc) is 2.73. The number of esters is 1. The normalized spacial score (nSPS) is 24.1. The van der Waals surface area contributed by atoms with Gasteiger partial charge in [0.05, 0.1) is 12.7 Å². The summed E-state index contributed by atoms with van der Waals surface area (Å²) in [5.41, 5.74) is 4.85. The average molecular weight is 408 g/mol. The molecule has 2 atom stereocenters. The number of benzene rings is 1. The van der Waals surface area contributed by atoms with Gasteiger partial charge in [-0.3, -0.25) is 4.79 Å². The van der Waals surface area contributed by atoms with Crippen molar-refractivity contribution in [3.8, 4) is 5.75 Å². The zero-order valence-corrected chi connectivity index (χ0v) is 17.5. The summed E-state index contributed by atoms with van der Waals surface area (Å²) < 4.78 is 11.2. The molecule has 0 bridgehead atoms. The topological polar surface area (TPSA) is 76.7 Å². The van der Waals surface area contributed by atoms with Crippen LogP contribution in [0, 0.1) is 0 Å². The van der Waals surface area contributed by atoms with Crippen molar-refractivity contribution in [1.29, 1.82) is 0 Å². The molecule has 1 aromatic carbocycles. The summed E-state index contributed by atoms with van der Waals surface area (Å²) in [6, 6.07) is 7.84. The highest BCUT2D eigenvalue weighted by atomic mass is 16.5. The summed E-state index contributed by atoms with van der Waals surface area (Å²) in [7, 11) is 1.65. The van der Waals surface area contributed by atoms with E-state index in [9.17, 15) is 9.59 Å². The van der Waals surface area contributed by atoms with E-state index in [0.29, 0.717) is 30.4 Å². The lowest BCUT2D eigenvalue weighted by atomic mass is 9.78. The van der Waals surface area contributed by atoms with E-state index in [-0.39, 0.29) is 23.8 Å². The fourth-order valence-electron chi connectivity index (χ4n) is 4.53. The van der Waals surface area contributed by atoms with E-state index in [0.717, 1.165) is 47.8 Å². The Balaban J connectivity index is 1.49. The van der Waals surface area contributed by atoms with Crippen molar-refractivity contribution in [2.75, 3.05) is 13.7 Å². The van der Waals surface area contributed by atoms with Crippen molar-refractivity contribution in [3.63, 3.8) is 0 Å². The molecule has 2 heterocycles. The predicted molar refractivity (Wildman–Crippen MR) is 114 cm³/mol. The van der Waals surface area contributed by atoms with Gasteiger partial charge in [0.2, 0.25) is 0 Å². The Morgan fingerprint density at radius 2 is 2.00 bits per heavy atom. The zero-order chi connectivity index (χ0) is 21.3. The fraction of sp³-hybridized carbons (Fsp3) is 0.417. The Morgan fingerprint density at radius 1 is 1.20 bits per heavy atom. The third kappa shape index (κ3) is 3.99. The molecule has 2 N–H and O–H groups in total. The second-order valence-corrected chi connectivity index (χ2v) is 8.18. The van der Waals surface area contributed by atoms with Crippen molar-refractivity contribution in [2.45, 2.75) is 51.0 Å². The summed E-state index contributed by atoms with van der Waals surface area (Å²) in [5, 5.41) is 6.50. The molecule has 2 aliphatic heterocycles. The van der Waals surface area contributed by atoms with Gasteiger partial charge in [0.1, 0.15) is 11.9 Å². The van der Waals surface area contributed by atoms with E-state index in [1.54, 1.807) is 7.11 Å². The molecule has 0 spiro atoms. The Kier molecular flexibility index (Phi) is 5.66. The van der Waals surface area contributed by atoms with Crippen LogP contribution in [0.15, 0.2) is 59.1 Å². The summed E-state index contributed by atoms with van der Waals surface area (Å²) in [6.07, 6.45) is 2.68. The second kappa shape index (κ2) is 8.38. The van der Waals surface area contributed by atoms with Crippen molar-refractivity contribution in [2.24, 2.45) is 0 Å². The van der Waals surface area contributed by atoms with Gasteiger partial charge in [-0.15, -0.1) is 0 Å². The van der Waals surface area contributed by atoms with Gasteiger partial charge in [-0.1, -0.05) is 24.8 Å². The number of para-hydroxylation sites is 1. The quantitative estimate of drug-likeness (QED) is 0.743. The number of ketones is 1. The van der Waals surface area contributed by atoms with Crippen LogP contribution in [0.3, 0.4) is 0 Å². The minimum Gasteiger partial charge on any atom is -0.496 e. The lowest BCUT2D eigenvalue weighted by Gasteiger charge is -2.33. The predicted octanol–water partition coefficient (Wildman–Crippen LogP) is 3.47. The van der Waals surface area contributed by atoms with Crippen LogP contribution < -0.4 is 15.4 Å². The van der Waals surface area contributed by atoms with Gasteiger partial charge in [0.25, 0.3) is 0 Å². The van der Waals surface area contributed by atoms with Crippen molar-refractivity contribution in [3.05, 3.63) is 64.6 Å². The Hall–Kier alpha value is -3.02. The van der Waals surface area contributed by atoms with Crippen LogP contribution in [-0.4, -0.2) is 31.5 Å². The highest BCUT2D eigenvalue weighted by molar-refractivity contribution is 6.01. The molecule has 1 saturated heterocycles. The van der Waals surface area contributed by atoms with E-state index in [1.807, 2.05) is 31.2 Å². The summed E-state index contributed by atoms with van der Waals surface area (Å²) in [5.74, 6) is 0.593. The number of carbonyl (C=O) groups is 2. The summed E-state index contributed by atoms with van der Waals surface area (Å²) in [4.78, 5) is 25.8. The number of dihydropyridines is 1. The number of carbonyl (C=O) groups excluding carboxylic acids is 2. The molecule has 0 unspecified atom stereocenters. The van der Waals surface area contributed by atoms with Crippen LogP contribution in [-0.2, 0) is 14.3 Å². The third-order valence-corrected chi connectivity index (χ3v) is 6.14. The molecule has 158 valence electrons. The first-order valence-corrected chi connectivity index (χ1v) is 10.4. The van der Waals surface area contributed by atoms with Crippen molar-refractivity contribution < 1.29 is 19.1 Å². The molecule has 4 rings (SSSR count). The van der Waals surface area contributed by atoms with Gasteiger partial charge in [0.15, 0.2) is 5.78 Å². The first-order chi connectivity index (χ1) is 14.5. The fourth-order valence-corrected chi connectivity index (χ4v) is 4.53. The molecule has 6 nitrogen and oxygen atoms in total. The van der Waals surface area contributed by atoms with Crippen LogP contribution >= 0.6 is 0 Å². The molecule has 30 heavy (non-hydrogen) atoms. The highest BCUT2D eigenvalue weighted by Crippen LogP contribution is 2.41. The van der Waals surface area contributed by atoms with E-state index in [2.05, 4.69) is 17.2 Å². The molecule has 6 heteroatoms. The molecule has 1 fully saturated rings. The number of hydrogen-bond acceptors (Lipinski definition) is 6. The van der Waals surface area contributed by atoms with E-state index in [4.69, 9.17) is 9.47 Å². The third-order valence-electron chi connectivity index (χ3n) is 6.14. The van der Waals surface area contributed by atoms with E-state index in [1.165, 1.54) is 0 Å². The van der Waals surface area contributed by atoms with Crippen molar-refractivity contribution in [1.82, 2.24) is 10.6 Å². The first kappa shape index (κ1) is 20.3. The molecular formula is C24H28N2O4. The molecule has 0 amide bonds. The van der Waals surface area contributed by atoms with Gasteiger partial charge in [0, 0.05) is 60.8 Å². The lowest BCUT2D eigenvalue weighted by Crippen LogP contribution is -2.35. The van der Waals surface area contributed by atoms with Gasteiger partial charge < -0.3 is 20.1 Å². The molecule has 1 aliphatic carbocycles. The van der Waals surface area contributed by atoms with Crippen LogP contribution in [0.1, 0.15) is 50.5 Å². The maximum atomic E-state index is 13.0. The zero-order valence-electron chi connectivity index (χ0n) is 17.5. The molecule has 0 aromatic heterocycles. The van der Waals surface area contributed by atoms with Crippen LogP contribution in [0.2, 0.25) is 0 Å². The minimum atomic E-state index is -0.342. The van der Waals surface area contributed by atoms with Crippen LogP contribution in [0.4, 0.5) is 0 Å². The van der Waals surface area contributed by atoms with Crippen molar-refractivity contribution >= 4 is 11.8 Å². The number of rotatable bonds is 4. The van der Waals surface area contributed by atoms with Gasteiger partial charge in [-0.2, -0.15) is 0 Å². The summed E-state index contributed by atoms with van der Waals surface area (Å²) >= 11 is 0. The number of methoxy groups -OCH3 is 1. The largest absolute Gasteiger partial charge is 0.496 e. The standard InChI is InChI=1S/C24H28N2O4/c1-14-10-17(8-9-25-14)30-24(28)19-13-20-21(26-15(19)2)11-16(12-22(20)27)18-6-4-5-7-23(18)29-3/h4-7,16-17,25-26H,1,8-13H2,2-3H3/t16-,17+/m1/s1. The number of nitrogens with one attached hydrogen (secondary N) is 2. The second-order valence-electron chi connectivity index (χ2n) is 8.18. The number of Topliss-reactive ketones (excluding diaryl/α,β-unsaturated/α-hetero) is 1. The molecule has 0 radical (unpaired) electrons. The summed E-state index contributed by atoms with van der Waals surface area (Å²) in [6.45, 7) is 6.55. The minimum absolute atomic E-state index is 0.0574. The van der Waals surface area contributed by atoms with Gasteiger partial charge in [-0.05, 0) is 25.0 Å². The van der Waals surface area contributed by atoms with E-state index < -0.39 is 0 Å². The van der Waals surface area contributed by atoms with Gasteiger partial charge in [-0.25, -0.2) is 4.79 Å². The smallest absolute Gasteiger partial charge is 0.336 e. The maximum Gasteiger partial charge on any atom is 0.336 e.